The van der Waals surface area contributed by atoms with E-state index in [0.717, 1.165) is 0 Å². The van der Waals surface area contributed by atoms with Crippen LogP contribution in [0, 0.1) is 10.1 Å². The van der Waals surface area contributed by atoms with Crippen LogP contribution in [0.25, 0.3) is 22.3 Å². The van der Waals surface area contributed by atoms with Gasteiger partial charge < -0.3 is 4.74 Å². The average Bonchev–Trinajstić information content (AvgIpc) is 2.92. The first-order chi connectivity index (χ1) is 18.0. The summed E-state index contributed by atoms with van der Waals surface area (Å²) in [5, 5.41) is 17.1. The summed E-state index contributed by atoms with van der Waals surface area (Å²) in [7, 11) is 0. The number of nitro benzene ring substituents is 1. The van der Waals surface area contributed by atoms with Crippen LogP contribution in [0.2, 0.25) is 5.02 Å². The van der Waals surface area contributed by atoms with Crippen LogP contribution in [-0.2, 0) is 6.61 Å². The Morgan fingerprint density at radius 2 is 1.68 bits per heavy atom. The zero-order valence-corrected chi connectivity index (χ0v) is 20.1. The largest absolute Gasteiger partial charge is 0.481 e. The van der Waals surface area contributed by atoms with Crippen LogP contribution in [0.4, 0.5) is 5.69 Å². The molecule has 0 fully saturated rings. The number of hydrogen-bond acceptors (Lipinski definition) is 6. The van der Waals surface area contributed by atoms with Crippen LogP contribution >= 0.6 is 11.6 Å². The van der Waals surface area contributed by atoms with Crippen molar-refractivity contribution in [1.82, 2.24) is 9.66 Å². The third-order valence-corrected chi connectivity index (χ3v) is 6.02. The molecule has 0 bridgehead atoms. The summed E-state index contributed by atoms with van der Waals surface area (Å²) >= 11 is 6.23. The van der Waals surface area contributed by atoms with Gasteiger partial charge >= 0.3 is 5.69 Å². The Morgan fingerprint density at radius 1 is 0.946 bits per heavy atom. The Bertz CT molecular complexity index is 1700. The van der Waals surface area contributed by atoms with Gasteiger partial charge in [0.2, 0.25) is 5.75 Å². The zero-order valence-electron chi connectivity index (χ0n) is 19.3. The first-order valence-electron chi connectivity index (χ1n) is 11.3. The van der Waals surface area contributed by atoms with Crippen molar-refractivity contribution < 1.29 is 9.66 Å². The molecule has 37 heavy (non-hydrogen) atoms. The van der Waals surface area contributed by atoms with Crippen molar-refractivity contribution in [3.05, 3.63) is 134 Å². The number of nitro groups is 1. The molecule has 0 aliphatic rings. The fourth-order valence-corrected chi connectivity index (χ4v) is 4.03. The van der Waals surface area contributed by atoms with E-state index < -0.39 is 4.92 Å². The molecule has 5 rings (SSSR count). The van der Waals surface area contributed by atoms with Crippen molar-refractivity contribution in [3.8, 4) is 17.1 Å². The monoisotopic (exact) mass is 510 g/mol. The van der Waals surface area contributed by atoms with Crippen LogP contribution < -0.4 is 10.3 Å². The van der Waals surface area contributed by atoms with E-state index in [2.05, 4.69) is 10.1 Å². The zero-order chi connectivity index (χ0) is 25.8. The molecule has 0 atom stereocenters. The van der Waals surface area contributed by atoms with Crippen LogP contribution in [0.15, 0.2) is 107 Å². The molecule has 0 spiro atoms. The van der Waals surface area contributed by atoms with Gasteiger partial charge in [-0.3, -0.25) is 14.9 Å². The normalized spacial score (nSPS) is 11.2. The number of hydrogen-bond donors (Lipinski definition) is 0. The Kier molecular flexibility index (Phi) is 6.74. The summed E-state index contributed by atoms with van der Waals surface area (Å²) in [4.78, 5) is 29.3. The molecule has 8 nitrogen and oxygen atoms in total. The first kappa shape index (κ1) is 23.9. The second kappa shape index (κ2) is 10.4. The number of aromatic nitrogens is 2. The van der Waals surface area contributed by atoms with Gasteiger partial charge in [0.15, 0.2) is 5.82 Å². The molecule has 4 aromatic carbocycles. The maximum absolute atomic E-state index is 13.4. The third kappa shape index (κ3) is 4.96. The number of rotatable bonds is 7. The van der Waals surface area contributed by atoms with Crippen LogP contribution in [0.1, 0.15) is 11.1 Å². The predicted molar refractivity (Wildman–Crippen MR) is 143 cm³/mol. The molecular weight excluding hydrogens is 492 g/mol. The lowest BCUT2D eigenvalue weighted by Gasteiger charge is -2.12. The second-order valence-electron chi connectivity index (χ2n) is 8.01. The fraction of sp³-hybridized carbons (Fsp3) is 0.0357. The number of ether oxygens (including phenoxy) is 1. The Balaban J connectivity index is 1.62. The van der Waals surface area contributed by atoms with Crippen molar-refractivity contribution >= 4 is 34.4 Å². The molecular formula is C28H19ClN4O4. The van der Waals surface area contributed by atoms with Gasteiger partial charge in [-0.15, -0.1) is 0 Å². The highest BCUT2D eigenvalue weighted by Crippen LogP contribution is 2.31. The lowest BCUT2D eigenvalue weighted by atomic mass is 10.2. The van der Waals surface area contributed by atoms with Crippen molar-refractivity contribution in [2.75, 3.05) is 0 Å². The second-order valence-corrected chi connectivity index (χ2v) is 8.42. The summed E-state index contributed by atoms with van der Waals surface area (Å²) in [6.45, 7) is 0.0120. The molecule has 0 aliphatic heterocycles. The number of halogens is 1. The topological polar surface area (TPSA) is 99.6 Å². The predicted octanol–water partition coefficient (Wildman–Crippen LogP) is 6.09. The van der Waals surface area contributed by atoms with E-state index in [1.54, 1.807) is 48.5 Å². The van der Waals surface area contributed by atoms with Crippen LogP contribution in [0.5, 0.6) is 5.75 Å². The van der Waals surface area contributed by atoms with Gasteiger partial charge in [-0.1, -0.05) is 78.3 Å². The summed E-state index contributed by atoms with van der Waals surface area (Å²) in [5.41, 5.74) is 1.62. The summed E-state index contributed by atoms with van der Waals surface area (Å²) in [6, 6.07) is 27.8. The van der Waals surface area contributed by atoms with E-state index >= 15 is 0 Å². The van der Waals surface area contributed by atoms with E-state index in [-0.39, 0.29) is 23.6 Å². The summed E-state index contributed by atoms with van der Waals surface area (Å²) in [5.74, 6) is 0.351. The average molecular weight is 511 g/mol. The summed E-state index contributed by atoms with van der Waals surface area (Å²) < 4.78 is 7.07. The molecule has 5 aromatic rings. The lowest BCUT2D eigenvalue weighted by Crippen LogP contribution is -2.20. The lowest BCUT2D eigenvalue weighted by molar-refractivity contribution is -0.385. The van der Waals surface area contributed by atoms with Crippen LogP contribution in [0.3, 0.4) is 0 Å². The SMILES string of the molecule is O=c1c2ccccc2nc(-c2ccccc2)n1N=Cc1cccc([N+](=O)[O-])c1OCc1ccccc1Cl. The third-order valence-electron chi connectivity index (χ3n) is 5.65. The Labute approximate surface area is 216 Å². The highest BCUT2D eigenvalue weighted by molar-refractivity contribution is 6.31. The molecule has 0 radical (unpaired) electrons. The van der Waals surface area contributed by atoms with Crippen LogP contribution in [-0.4, -0.2) is 20.8 Å². The Morgan fingerprint density at radius 3 is 2.46 bits per heavy atom. The smallest absolute Gasteiger partial charge is 0.311 e. The molecule has 1 aromatic heterocycles. The number of para-hydroxylation sites is 2. The van der Waals surface area contributed by atoms with Gasteiger partial charge in [-0.25, -0.2) is 4.98 Å². The van der Waals surface area contributed by atoms with Gasteiger partial charge in [-0.2, -0.15) is 9.78 Å². The van der Waals surface area contributed by atoms with Gasteiger partial charge in [0, 0.05) is 27.8 Å². The molecule has 0 saturated heterocycles. The summed E-state index contributed by atoms with van der Waals surface area (Å²) in [6.07, 6.45) is 1.36. The first-order valence-corrected chi connectivity index (χ1v) is 11.7. The molecule has 0 saturated carbocycles. The fourth-order valence-electron chi connectivity index (χ4n) is 3.84. The van der Waals surface area contributed by atoms with Crippen molar-refractivity contribution in [2.24, 2.45) is 5.10 Å². The van der Waals surface area contributed by atoms with Crippen molar-refractivity contribution in [1.29, 1.82) is 0 Å². The minimum Gasteiger partial charge on any atom is -0.481 e. The molecule has 0 amide bonds. The maximum atomic E-state index is 13.4. The maximum Gasteiger partial charge on any atom is 0.311 e. The van der Waals surface area contributed by atoms with E-state index in [0.29, 0.717) is 38.4 Å². The minimum atomic E-state index is -0.529. The van der Waals surface area contributed by atoms with E-state index in [1.165, 1.54) is 23.0 Å². The minimum absolute atomic E-state index is 0.0120. The number of benzene rings is 4. The molecule has 1 heterocycles. The van der Waals surface area contributed by atoms with Gasteiger partial charge in [0.25, 0.3) is 5.56 Å². The molecule has 0 aliphatic carbocycles. The van der Waals surface area contributed by atoms with Gasteiger partial charge in [0.1, 0.15) is 6.61 Å². The standard InChI is InChI=1S/C28H19ClN4O4/c29-23-14-6-4-11-21(23)18-37-26-20(12-8-16-25(26)33(35)36)17-30-32-27(19-9-2-1-3-10-19)31-24-15-7-5-13-22(24)28(32)34/h1-17H,18H2. The highest BCUT2D eigenvalue weighted by atomic mass is 35.5. The van der Waals surface area contributed by atoms with Crippen molar-refractivity contribution in [3.63, 3.8) is 0 Å². The highest BCUT2D eigenvalue weighted by Gasteiger charge is 2.19. The van der Waals surface area contributed by atoms with Gasteiger partial charge in [-0.05, 0) is 24.3 Å². The molecule has 0 unspecified atom stereocenters. The molecule has 9 heteroatoms. The number of nitrogens with zero attached hydrogens (tertiary/aromatic N) is 4. The quantitative estimate of drug-likeness (QED) is 0.150. The molecule has 182 valence electrons. The van der Waals surface area contributed by atoms with E-state index in [4.69, 9.17) is 16.3 Å². The van der Waals surface area contributed by atoms with E-state index in [9.17, 15) is 14.9 Å². The van der Waals surface area contributed by atoms with E-state index in [1.807, 2.05) is 36.4 Å². The van der Waals surface area contributed by atoms with Gasteiger partial charge in [0.05, 0.1) is 22.0 Å². The van der Waals surface area contributed by atoms with Crippen molar-refractivity contribution in [2.45, 2.75) is 6.61 Å². The molecule has 0 N–H and O–H groups in total. The number of fused-ring (bicyclic) bond motifs is 1. The Hall–Kier alpha value is -4.82.